The molecule has 2 N–H and O–H groups in total. The van der Waals surface area contributed by atoms with Crippen molar-refractivity contribution in [3.63, 3.8) is 0 Å². The Morgan fingerprint density at radius 3 is 2.43 bits per heavy atom. The van der Waals surface area contributed by atoms with Crippen LogP contribution in [0.5, 0.6) is 0 Å². The smallest absolute Gasteiger partial charge is 0.156 e. The highest BCUT2D eigenvalue weighted by Gasteiger charge is 2.09. The molecule has 0 aliphatic heterocycles. The van der Waals surface area contributed by atoms with Gasteiger partial charge in [0.2, 0.25) is 0 Å². The van der Waals surface area contributed by atoms with Gasteiger partial charge in [0.25, 0.3) is 0 Å². The predicted molar refractivity (Wildman–Crippen MR) is 83.5 cm³/mol. The molecule has 0 saturated heterocycles. The Balaban J connectivity index is 2.11. The molecule has 2 aromatic rings. The van der Waals surface area contributed by atoms with Crippen LogP contribution in [-0.4, -0.2) is 21.7 Å². The Morgan fingerprint density at radius 1 is 1.14 bits per heavy atom. The van der Waals surface area contributed by atoms with Crippen molar-refractivity contribution in [2.75, 3.05) is 17.2 Å². The number of aromatic nitrogens is 3. The predicted octanol–water partition coefficient (Wildman–Crippen LogP) is 3.33. The third kappa shape index (κ3) is 4.44. The summed E-state index contributed by atoms with van der Waals surface area (Å²) in [5, 5.41) is 10.4. The molecule has 0 bridgehead atoms. The second-order valence-corrected chi connectivity index (χ2v) is 5.37. The largest absolute Gasteiger partial charge is 0.370 e. The summed E-state index contributed by atoms with van der Waals surface area (Å²) in [6.07, 6.45) is 1.06. The SMILES string of the molecule is CCCNc1cc(NCc2cc(C)no2)nc(C(C)C)n1. The maximum absolute atomic E-state index is 5.19. The number of rotatable bonds is 7. The third-order valence-corrected chi connectivity index (χ3v) is 2.94. The zero-order valence-electron chi connectivity index (χ0n) is 13.1. The van der Waals surface area contributed by atoms with Gasteiger partial charge in [0.15, 0.2) is 5.76 Å². The van der Waals surface area contributed by atoms with E-state index in [0.717, 1.165) is 41.9 Å². The number of hydrogen-bond acceptors (Lipinski definition) is 6. The summed E-state index contributed by atoms with van der Waals surface area (Å²) < 4.78 is 5.19. The van der Waals surface area contributed by atoms with Gasteiger partial charge in [-0.15, -0.1) is 0 Å². The Labute approximate surface area is 125 Å². The number of nitrogens with one attached hydrogen (secondary N) is 2. The van der Waals surface area contributed by atoms with Gasteiger partial charge in [-0.2, -0.15) is 0 Å². The highest BCUT2D eigenvalue weighted by atomic mass is 16.5. The molecule has 0 fully saturated rings. The lowest BCUT2D eigenvalue weighted by Gasteiger charge is -2.12. The average Bonchev–Trinajstić information content (AvgIpc) is 2.88. The first kappa shape index (κ1) is 15.3. The second-order valence-electron chi connectivity index (χ2n) is 5.37. The summed E-state index contributed by atoms with van der Waals surface area (Å²) in [4.78, 5) is 9.07. The van der Waals surface area contributed by atoms with Crippen molar-refractivity contribution in [1.29, 1.82) is 0 Å². The fraction of sp³-hybridized carbons (Fsp3) is 0.533. The van der Waals surface area contributed by atoms with E-state index in [1.54, 1.807) is 0 Å². The van der Waals surface area contributed by atoms with Gasteiger partial charge >= 0.3 is 0 Å². The molecule has 2 rings (SSSR count). The molecule has 2 aromatic heterocycles. The maximum Gasteiger partial charge on any atom is 0.156 e. The van der Waals surface area contributed by atoms with Crippen LogP contribution in [0.25, 0.3) is 0 Å². The van der Waals surface area contributed by atoms with E-state index >= 15 is 0 Å². The minimum atomic E-state index is 0.279. The van der Waals surface area contributed by atoms with Crippen molar-refractivity contribution in [2.24, 2.45) is 0 Å². The highest BCUT2D eigenvalue weighted by Crippen LogP contribution is 2.17. The van der Waals surface area contributed by atoms with Crippen molar-refractivity contribution >= 4 is 11.6 Å². The fourth-order valence-corrected chi connectivity index (χ4v) is 1.84. The van der Waals surface area contributed by atoms with Crippen molar-refractivity contribution < 1.29 is 4.52 Å². The van der Waals surface area contributed by atoms with Gasteiger partial charge in [0.05, 0.1) is 12.2 Å². The molecule has 0 saturated carbocycles. The minimum absolute atomic E-state index is 0.279. The standard InChI is InChI=1S/C15H23N5O/c1-5-6-16-13-8-14(19-15(18-13)10(2)3)17-9-12-7-11(4)20-21-12/h7-8,10H,5-6,9H2,1-4H3,(H2,16,17,18,19). The zero-order chi connectivity index (χ0) is 15.2. The number of nitrogens with zero attached hydrogens (tertiary/aromatic N) is 3. The molecule has 6 heteroatoms. The molecular weight excluding hydrogens is 266 g/mol. The maximum atomic E-state index is 5.19. The van der Waals surface area contributed by atoms with Crippen molar-refractivity contribution in [1.82, 2.24) is 15.1 Å². The highest BCUT2D eigenvalue weighted by molar-refractivity contribution is 5.48. The van der Waals surface area contributed by atoms with E-state index in [-0.39, 0.29) is 5.92 Å². The summed E-state index contributed by atoms with van der Waals surface area (Å²) in [6, 6.07) is 3.83. The van der Waals surface area contributed by atoms with E-state index in [1.807, 2.05) is 19.1 Å². The normalized spacial score (nSPS) is 10.9. The summed E-state index contributed by atoms with van der Waals surface area (Å²) in [6.45, 7) is 9.66. The first-order valence-electron chi connectivity index (χ1n) is 7.37. The Kier molecular flexibility index (Phi) is 5.14. The molecular formula is C15H23N5O. The van der Waals surface area contributed by atoms with Crippen molar-refractivity contribution in [2.45, 2.75) is 46.6 Å². The van der Waals surface area contributed by atoms with Gasteiger partial charge in [-0.05, 0) is 13.3 Å². The van der Waals surface area contributed by atoms with Crippen LogP contribution in [0.15, 0.2) is 16.7 Å². The molecule has 0 amide bonds. The van der Waals surface area contributed by atoms with Gasteiger partial charge in [0.1, 0.15) is 17.5 Å². The van der Waals surface area contributed by atoms with E-state index in [2.05, 4.69) is 46.5 Å². The van der Waals surface area contributed by atoms with Crippen LogP contribution in [0.1, 0.15) is 50.4 Å². The lowest BCUT2D eigenvalue weighted by Crippen LogP contribution is -2.09. The number of hydrogen-bond donors (Lipinski definition) is 2. The van der Waals surface area contributed by atoms with Crippen LogP contribution < -0.4 is 10.6 Å². The molecule has 0 radical (unpaired) electrons. The first-order chi connectivity index (χ1) is 10.1. The minimum Gasteiger partial charge on any atom is -0.370 e. The van der Waals surface area contributed by atoms with Crippen LogP contribution in [0.2, 0.25) is 0 Å². The van der Waals surface area contributed by atoms with E-state index in [4.69, 9.17) is 4.52 Å². The van der Waals surface area contributed by atoms with Gasteiger partial charge in [-0.25, -0.2) is 9.97 Å². The summed E-state index contributed by atoms with van der Waals surface area (Å²) in [7, 11) is 0. The molecule has 0 unspecified atom stereocenters. The van der Waals surface area contributed by atoms with Gasteiger partial charge in [-0.3, -0.25) is 0 Å². The van der Waals surface area contributed by atoms with E-state index in [1.165, 1.54) is 0 Å². The van der Waals surface area contributed by atoms with Gasteiger partial charge < -0.3 is 15.2 Å². The Hall–Kier alpha value is -2.11. The molecule has 0 aliphatic rings. The number of aryl methyl sites for hydroxylation is 1. The molecule has 0 aromatic carbocycles. The molecule has 6 nitrogen and oxygen atoms in total. The quantitative estimate of drug-likeness (QED) is 0.814. The van der Waals surface area contributed by atoms with Crippen molar-refractivity contribution in [3.8, 4) is 0 Å². The van der Waals surface area contributed by atoms with Crippen molar-refractivity contribution in [3.05, 3.63) is 29.4 Å². The number of anilines is 2. The zero-order valence-corrected chi connectivity index (χ0v) is 13.1. The van der Waals surface area contributed by atoms with E-state index in [0.29, 0.717) is 6.54 Å². The molecule has 0 aliphatic carbocycles. The first-order valence-corrected chi connectivity index (χ1v) is 7.37. The molecule has 21 heavy (non-hydrogen) atoms. The third-order valence-electron chi connectivity index (χ3n) is 2.94. The summed E-state index contributed by atoms with van der Waals surface area (Å²) in [5.74, 6) is 3.54. The Bertz CT molecular complexity index is 579. The van der Waals surface area contributed by atoms with Crippen LogP contribution >= 0.6 is 0 Å². The Morgan fingerprint density at radius 2 is 1.86 bits per heavy atom. The molecule has 0 atom stereocenters. The summed E-state index contributed by atoms with van der Waals surface area (Å²) >= 11 is 0. The lowest BCUT2D eigenvalue weighted by molar-refractivity contribution is 0.384. The fourth-order valence-electron chi connectivity index (χ4n) is 1.84. The topological polar surface area (TPSA) is 75.9 Å². The molecule has 0 spiro atoms. The van der Waals surface area contributed by atoms with Gasteiger partial charge in [0, 0.05) is 24.6 Å². The van der Waals surface area contributed by atoms with Crippen LogP contribution in [0.4, 0.5) is 11.6 Å². The van der Waals surface area contributed by atoms with Crippen LogP contribution in [0.3, 0.4) is 0 Å². The molecule has 2 heterocycles. The molecule has 114 valence electrons. The van der Waals surface area contributed by atoms with E-state index < -0.39 is 0 Å². The second kappa shape index (κ2) is 7.06. The average molecular weight is 289 g/mol. The summed E-state index contributed by atoms with van der Waals surface area (Å²) in [5.41, 5.74) is 0.877. The monoisotopic (exact) mass is 289 g/mol. The van der Waals surface area contributed by atoms with Crippen LogP contribution in [-0.2, 0) is 6.54 Å². The van der Waals surface area contributed by atoms with Gasteiger partial charge in [-0.1, -0.05) is 25.9 Å². The lowest BCUT2D eigenvalue weighted by atomic mass is 10.2. The van der Waals surface area contributed by atoms with E-state index in [9.17, 15) is 0 Å². The van der Waals surface area contributed by atoms with Crippen LogP contribution in [0, 0.1) is 6.92 Å².